The minimum Gasteiger partial charge on any atom is -0.388 e. The van der Waals surface area contributed by atoms with Gasteiger partial charge in [-0.2, -0.15) is 5.10 Å². The van der Waals surface area contributed by atoms with E-state index in [2.05, 4.69) is 10.2 Å². The SMILES string of the molecule is OC(CC1CCOCC1)c1cn[nH]c1. The van der Waals surface area contributed by atoms with Crippen LogP contribution in [0.15, 0.2) is 12.4 Å². The lowest BCUT2D eigenvalue weighted by atomic mass is 9.92. The first-order chi connectivity index (χ1) is 6.86. The van der Waals surface area contributed by atoms with Gasteiger partial charge in [0.25, 0.3) is 0 Å². The van der Waals surface area contributed by atoms with Crippen molar-refractivity contribution in [2.75, 3.05) is 13.2 Å². The summed E-state index contributed by atoms with van der Waals surface area (Å²) in [5, 5.41) is 16.4. The third-order valence-electron chi connectivity index (χ3n) is 2.80. The Labute approximate surface area is 83.3 Å². The highest BCUT2D eigenvalue weighted by Gasteiger charge is 2.19. The monoisotopic (exact) mass is 196 g/mol. The highest BCUT2D eigenvalue weighted by Crippen LogP contribution is 2.26. The zero-order valence-electron chi connectivity index (χ0n) is 8.15. The molecule has 1 unspecified atom stereocenters. The molecule has 0 bridgehead atoms. The molecular formula is C10H16N2O2. The average molecular weight is 196 g/mol. The number of hydrogen-bond donors (Lipinski definition) is 2. The van der Waals surface area contributed by atoms with E-state index in [-0.39, 0.29) is 6.10 Å². The first-order valence-corrected chi connectivity index (χ1v) is 5.11. The number of aromatic nitrogens is 2. The molecule has 0 aromatic carbocycles. The van der Waals surface area contributed by atoms with Crippen LogP contribution < -0.4 is 0 Å². The fourth-order valence-electron chi connectivity index (χ4n) is 1.88. The van der Waals surface area contributed by atoms with Gasteiger partial charge in [-0.3, -0.25) is 5.10 Å². The van der Waals surface area contributed by atoms with E-state index in [1.807, 2.05) is 0 Å². The number of aliphatic hydroxyl groups is 1. The molecule has 1 aromatic heterocycles. The summed E-state index contributed by atoms with van der Waals surface area (Å²) in [6.07, 6.45) is 6.01. The molecule has 2 heterocycles. The fourth-order valence-corrected chi connectivity index (χ4v) is 1.88. The molecule has 1 aliphatic rings. The van der Waals surface area contributed by atoms with Crippen LogP contribution in [0, 0.1) is 5.92 Å². The van der Waals surface area contributed by atoms with Gasteiger partial charge in [0.15, 0.2) is 0 Å². The molecule has 1 fully saturated rings. The standard InChI is InChI=1S/C10H16N2O2/c13-10(9-6-11-12-7-9)5-8-1-3-14-4-2-8/h6-8,10,13H,1-5H2,(H,11,12). The molecule has 1 atom stereocenters. The molecule has 2 rings (SSSR count). The second-order valence-electron chi connectivity index (χ2n) is 3.84. The van der Waals surface area contributed by atoms with Crippen LogP contribution in [0.5, 0.6) is 0 Å². The number of hydrogen-bond acceptors (Lipinski definition) is 3. The molecular weight excluding hydrogens is 180 g/mol. The van der Waals surface area contributed by atoms with E-state index in [0.717, 1.165) is 38.0 Å². The van der Waals surface area contributed by atoms with Crippen LogP contribution in [0.3, 0.4) is 0 Å². The van der Waals surface area contributed by atoms with Crippen molar-refractivity contribution in [3.63, 3.8) is 0 Å². The van der Waals surface area contributed by atoms with Gasteiger partial charge in [-0.05, 0) is 25.2 Å². The molecule has 0 saturated carbocycles. The third-order valence-corrected chi connectivity index (χ3v) is 2.80. The first-order valence-electron chi connectivity index (χ1n) is 5.11. The van der Waals surface area contributed by atoms with E-state index in [0.29, 0.717) is 5.92 Å². The van der Waals surface area contributed by atoms with Crippen molar-refractivity contribution in [2.24, 2.45) is 5.92 Å². The third kappa shape index (κ3) is 2.33. The number of aromatic amines is 1. The summed E-state index contributed by atoms with van der Waals surface area (Å²) in [5.74, 6) is 0.591. The molecule has 14 heavy (non-hydrogen) atoms. The van der Waals surface area contributed by atoms with Gasteiger partial charge in [0, 0.05) is 25.0 Å². The van der Waals surface area contributed by atoms with Gasteiger partial charge in [-0.1, -0.05) is 0 Å². The van der Waals surface area contributed by atoms with Crippen molar-refractivity contribution in [1.29, 1.82) is 0 Å². The average Bonchev–Trinajstić information content (AvgIpc) is 2.72. The molecule has 4 nitrogen and oxygen atoms in total. The second-order valence-corrected chi connectivity index (χ2v) is 3.84. The maximum Gasteiger partial charge on any atom is 0.0823 e. The van der Waals surface area contributed by atoms with Crippen LogP contribution in [-0.4, -0.2) is 28.5 Å². The number of rotatable bonds is 3. The fraction of sp³-hybridized carbons (Fsp3) is 0.700. The predicted molar refractivity (Wildman–Crippen MR) is 51.7 cm³/mol. The van der Waals surface area contributed by atoms with Gasteiger partial charge in [-0.25, -0.2) is 0 Å². The molecule has 0 amide bonds. The van der Waals surface area contributed by atoms with Crippen LogP contribution in [0.1, 0.15) is 30.9 Å². The van der Waals surface area contributed by atoms with Crippen LogP contribution >= 0.6 is 0 Å². The van der Waals surface area contributed by atoms with Crippen LogP contribution in [0.4, 0.5) is 0 Å². The van der Waals surface area contributed by atoms with Crippen molar-refractivity contribution >= 4 is 0 Å². The molecule has 2 N–H and O–H groups in total. The van der Waals surface area contributed by atoms with E-state index in [1.165, 1.54) is 0 Å². The maximum atomic E-state index is 9.86. The summed E-state index contributed by atoms with van der Waals surface area (Å²) in [5.41, 5.74) is 0.886. The van der Waals surface area contributed by atoms with Crippen molar-refractivity contribution < 1.29 is 9.84 Å². The molecule has 4 heteroatoms. The van der Waals surface area contributed by atoms with E-state index in [9.17, 15) is 5.11 Å². The number of aliphatic hydroxyl groups excluding tert-OH is 1. The van der Waals surface area contributed by atoms with Gasteiger partial charge in [0.1, 0.15) is 0 Å². The molecule has 1 aliphatic heterocycles. The number of nitrogens with zero attached hydrogens (tertiary/aromatic N) is 1. The summed E-state index contributed by atoms with van der Waals surface area (Å²) in [7, 11) is 0. The molecule has 78 valence electrons. The van der Waals surface area contributed by atoms with Crippen LogP contribution in [0.2, 0.25) is 0 Å². The summed E-state index contributed by atoms with van der Waals surface area (Å²) in [6, 6.07) is 0. The zero-order chi connectivity index (χ0) is 9.80. The van der Waals surface area contributed by atoms with Crippen molar-refractivity contribution in [3.8, 4) is 0 Å². The Hall–Kier alpha value is -0.870. The minimum atomic E-state index is -0.378. The molecule has 1 saturated heterocycles. The smallest absolute Gasteiger partial charge is 0.0823 e. The Balaban J connectivity index is 1.84. The lowest BCUT2D eigenvalue weighted by Crippen LogP contribution is -2.17. The Morgan fingerprint density at radius 3 is 3.00 bits per heavy atom. The van der Waals surface area contributed by atoms with Crippen molar-refractivity contribution in [1.82, 2.24) is 10.2 Å². The lowest BCUT2D eigenvalue weighted by Gasteiger charge is -2.23. The van der Waals surface area contributed by atoms with Crippen molar-refractivity contribution in [2.45, 2.75) is 25.4 Å². The normalized spacial score (nSPS) is 20.9. The highest BCUT2D eigenvalue weighted by molar-refractivity contribution is 5.06. The van der Waals surface area contributed by atoms with E-state index < -0.39 is 0 Å². The topological polar surface area (TPSA) is 58.1 Å². The minimum absolute atomic E-state index is 0.378. The Kier molecular flexibility index (Phi) is 3.16. The maximum absolute atomic E-state index is 9.86. The molecule has 0 radical (unpaired) electrons. The van der Waals surface area contributed by atoms with E-state index in [4.69, 9.17) is 4.74 Å². The number of H-pyrrole nitrogens is 1. The van der Waals surface area contributed by atoms with Crippen LogP contribution in [0.25, 0.3) is 0 Å². The Morgan fingerprint density at radius 1 is 1.57 bits per heavy atom. The highest BCUT2D eigenvalue weighted by atomic mass is 16.5. The van der Waals surface area contributed by atoms with Gasteiger partial charge < -0.3 is 9.84 Å². The van der Waals surface area contributed by atoms with Crippen LogP contribution in [-0.2, 0) is 4.74 Å². The number of ether oxygens (including phenoxy) is 1. The van der Waals surface area contributed by atoms with E-state index in [1.54, 1.807) is 12.4 Å². The zero-order valence-corrected chi connectivity index (χ0v) is 8.15. The Bertz CT molecular complexity index is 255. The quantitative estimate of drug-likeness (QED) is 0.765. The second kappa shape index (κ2) is 4.57. The largest absolute Gasteiger partial charge is 0.388 e. The first kappa shape index (κ1) is 9.68. The predicted octanol–water partition coefficient (Wildman–Crippen LogP) is 1.26. The summed E-state index contributed by atoms with van der Waals surface area (Å²) in [6.45, 7) is 1.67. The van der Waals surface area contributed by atoms with Crippen molar-refractivity contribution in [3.05, 3.63) is 18.0 Å². The molecule has 0 spiro atoms. The molecule has 1 aromatic rings. The van der Waals surface area contributed by atoms with Gasteiger partial charge >= 0.3 is 0 Å². The summed E-state index contributed by atoms with van der Waals surface area (Å²) >= 11 is 0. The Morgan fingerprint density at radius 2 is 2.36 bits per heavy atom. The number of nitrogens with one attached hydrogen (secondary N) is 1. The van der Waals surface area contributed by atoms with Gasteiger partial charge in [0.2, 0.25) is 0 Å². The summed E-state index contributed by atoms with van der Waals surface area (Å²) in [4.78, 5) is 0. The molecule has 0 aliphatic carbocycles. The van der Waals surface area contributed by atoms with Gasteiger partial charge in [-0.15, -0.1) is 0 Å². The van der Waals surface area contributed by atoms with E-state index >= 15 is 0 Å². The lowest BCUT2D eigenvalue weighted by molar-refractivity contribution is 0.0435. The summed E-state index contributed by atoms with van der Waals surface area (Å²) < 4.78 is 5.27. The van der Waals surface area contributed by atoms with Gasteiger partial charge in [0.05, 0.1) is 12.3 Å².